The van der Waals surface area contributed by atoms with Crippen LogP contribution in [0.5, 0.6) is 0 Å². The van der Waals surface area contributed by atoms with Crippen molar-refractivity contribution in [1.29, 1.82) is 0 Å². The molecule has 1 fully saturated rings. The second kappa shape index (κ2) is 11.1. The molecule has 5 heterocycles. The molecule has 11 nitrogen and oxygen atoms in total. The number of benzene rings is 2. The van der Waals surface area contributed by atoms with Crippen LogP contribution in [0, 0.1) is 5.92 Å². The maximum absolute atomic E-state index is 13.4. The Kier molecular flexibility index (Phi) is 7.03. The fourth-order valence-corrected chi connectivity index (χ4v) is 7.17. The summed E-state index contributed by atoms with van der Waals surface area (Å²) in [4.78, 5) is 44.8. The van der Waals surface area contributed by atoms with Crippen molar-refractivity contribution in [3.8, 4) is 16.8 Å². The molecule has 7 rings (SSSR count). The van der Waals surface area contributed by atoms with Crippen LogP contribution < -0.4 is 17.0 Å². The van der Waals surface area contributed by atoms with Crippen molar-refractivity contribution in [3.05, 3.63) is 99.9 Å². The maximum atomic E-state index is 13.4. The van der Waals surface area contributed by atoms with Crippen LogP contribution in [0.3, 0.4) is 0 Å². The number of primary amides is 1. The molecule has 2 amide bonds. The van der Waals surface area contributed by atoms with E-state index in [4.69, 9.17) is 11.5 Å². The molecule has 2 aromatic carbocycles. The Morgan fingerprint density at radius 2 is 1.67 bits per heavy atom. The number of aromatic nitrogens is 5. The van der Waals surface area contributed by atoms with Gasteiger partial charge in [-0.15, -0.1) is 0 Å². The van der Waals surface area contributed by atoms with E-state index in [1.54, 1.807) is 4.68 Å². The van der Waals surface area contributed by atoms with E-state index in [9.17, 15) is 14.4 Å². The second-order valence-electron chi connectivity index (χ2n) is 12.3. The molecule has 1 unspecified atom stereocenters. The van der Waals surface area contributed by atoms with Gasteiger partial charge in [0.25, 0.3) is 11.5 Å². The number of amides is 2. The van der Waals surface area contributed by atoms with Gasteiger partial charge in [-0.1, -0.05) is 56.3 Å². The number of nitrogens with zero attached hydrogens (tertiary/aromatic N) is 6. The van der Waals surface area contributed by atoms with Crippen molar-refractivity contribution >= 4 is 23.1 Å². The molecule has 4 N–H and O–H groups in total. The molecule has 45 heavy (non-hydrogen) atoms. The van der Waals surface area contributed by atoms with Gasteiger partial charge >= 0.3 is 0 Å². The molecule has 2 aliphatic heterocycles. The van der Waals surface area contributed by atoms with Gasteiger partial charge in [0.05, 0.1) is 11.4 Å². The lowest BCUT2D eigenvalue weighted by Crippen LogP contribution is -2.40. The van der Waals surface area contributed by atoms with Crippen LogP contribution in [-0.2, 0) is 11.3 Å². The zero-order valence-corrected chi connectivity index (χ0v) is 25.4. The fraction of sp³-hybridized carbons (Fsp3) is 0.324. The van der Waals surface area contributed by atoms with Crippen LogP contribution >= 0.6 is 0 Å². The molecule has 1 atom stereocenters. The van der Waals surface area contributed by atoms with E-state index in [-0.39, 0.29) is 29.2 Å². The van der Waals surface area contributed by atoms with Crippen LogP contribution in [0.25, 0.3) is 22.3 Å². The lowest BCUT2D eigenvalue weighted by Gasteiger charge is -2.33. The lowest BCUT2D eigenvalue weighted by atomic mass is 9.90. The van der Waals surface area contributed by atoms with Crippen LogP contribution in [0.1, 0.15) is 72.3 Å². The highest BCUT2D eigenvalue weighted by Crippen LogP contribution is 2.40. The summed E-state index contributed by atoms with van der Waals surface area (Å²) in [6, 6.07) is 19.6. The normalized spacial score (nSPS) is 16.9. The molecule has 0 aliphatic carbocycles. The average molecular weight is 605 g/mol. The molecule has 11 heteroatoms. The van der Waals surface area contributed by atoms with E-state index in [2.05, 4.69) is 16.1 Å². The van der Waals surface area contributed by atoms with Crippen molar-refractivity contribution in [2.45, 2.75) is 51.5 Å². The number of likely N-dealkylation sites (tertiary alicyclic amines) is 1. The summed E-state index contributed by atoms with van der Waals surface area (Å²) in [7, 11) is 0. The van der Waals surface area contributed by atoms with Crippen molar-refractivity contribution < 1.29 is 9.59 Å². The predicted octanol–water partition coefficient (Wildman–Crippen LogP) is 3.93. The van der Waals surface area contributed by atoms with Crippen molar-refractivity contribution in [3.63, 3.8) is 0 Å². The summed E-state index contributed by atoms with van der Waals surface area (Å²) >= 11 is 0. The molecule has 2 aliphatic rings. The molecule has 0 saturated carbocycles. The summed E-state index contributed by atoms with van der Waals surface area (Å²) in [6.07, 6.45) is 3.91. The van der Waals surface area contributed by atoms with E-state index in [1.807, 2.05) is 82.5 Å². The number of hydrogen-bond acceptors (Lipinski definition) is 6. The van der Waals surface area contributed by atoms with Gasteiger partial charge in [0, 0.05) is 48.6 Å². The minimum Gasteiger partial charge on any atom is -0.382 e. The summed E-state index contributed by atoms with van der Waals surface area (Å²) in [5.74, 6) is -0.0687. The second-order valence-corrected chi connectivity index (χ2v) is 12.3. The quantitative estimate of drug-likeness (QED) is 0.300. The van der Waals surface area contributed by atoms with E-state index in [0.717, 1.165) is 47.2 Å². The smallest absolute Gasteiger partial charge is 0.284 e. The first kappa shape index (κ1) is 28.6. The number of hydrogen-bond donors (Lipinski definition) is 2. The molecule has 1 saturated heterocycles. The van der Waals surface area contributed by atoms with Gasteiger partial charge in [-0.05, 0) is 48.6 Å². The first-order chi connectivity index (χ1) is 21.7. The highest BCUT2D eigenvalue weighted by Gasteiger charge is 2.35. The monoisotopic (exact) mass is 604 g/mol. The molecule has 5 aromatic rings. The van der Waals surface area contributed by atoms with Gasteiger partial charge in [0.1, 0.15) is 17.4 Å². The number of nitrogen functional groups attached to an aromatic ring is 1. The number of piperidine rings is 1. The Bertz CT molecular complexity index is 1980. The highest BCUT2D eigenvalue weighted by molar-refractivity contribution is 5.94. The van der Waals surface area contributed by atoms with E-state index in [1.165, 1.54) is 6.33 Å². The Morgan fingerprint density at radius 1 is 0.956 bits per heavy atom. The minimum atomic E-state index is -0.718. The number of rotatable bonds is 6. The number of nitrogens with two attached hydrogens (primary N) is 2. The number of para-hydroxylation sites is 1. The topological polar surface area (TPSA) is 147 Å². The summed E-state index contributed by atoms with van der Waals surface area (Å²) in [6.45, 7) is 5.89. The number of fused-ring (bicyclic) bond motifs is 2. The van der Waals surface area contributed by atoms with Crippen molar-refractivity contribution in [2.75, 3.05) is 18.8 Å². The number of carbonyl (C=O) groups is 2. The van der Waals surface area contributed by atoms with E-state index < -0.39 is 11.5 Å². The first-order valence-corrected chi connectivity index (χ1v) is 15.5. The summed E-state index contributed by atoms with van der Waals surface area (Å²) in [5.41, 5.74) is 17.9. The number of carbonyl (C=O) groups excluding carboxylic acids is 2. The molecule has 230 valence electrons. The van der Waals surface area contributed by atoms with Crippen LogP contribution in [0.4, 0.5) is 5.82 Å². The van der Waals surface area contributed by atoms with Crippen LogP contribution in [0.2, 0.25) is 0 Å². The third-order valence-corrected chi connectivity index (χ3v) is 9.34. The van der Waals surface area contributed by atoms with Crippen LogP contribution in [0.15, 0.2) is 71.8 Å². The maximum Gasteiger partial charge on any atom is 0.284 e. The molecule has 0 bridgehead atoms. The highest BCUT2D eigenvalue weighted by atomic mass is 16.2. The first-order valence-electron chi connectivity index (χ1n) is 15.5. The Balaban J connectivity index is 1.23. The Labute approximate surface area is 260 Å². The van der Waals surface area contributed by atoms with E-state index >= 15 is 0 Å². The predicted molar refractivity (Wildman–Crippen MR) is 171 cm³/mol. The van der Waals surface area contributed by atoms with Gasteiger partial charge in [-0.25, -0.2) is 14.2 Å². The Hall–Kier alpha value is -5.19. The summed E-state index contributed by atoms with van der Waals surface area (Å²) < 4.78 is 5.35. The lowest BCUT2D eigenvalue weighted by molar-refractivity contribution is -0.135. The third kappa shape index (κ3) is 4.70. The van der Waals surface area contributed by atoms with Crippen molar-refractivity contribution in [2.24, 2.45) is 11.7 Å². The molecule has 3 aromatic heterocycles. The molecule has 0 spiro atoms. The zero-order chi connectivity index (χ0) is 31.4. The van der Waals surface area contributed by atoms with Crippen LogP contribution in [-0.4, -0.2) is 53.8 Å². The van der Waals surface area contributed by atoms with E-state index in [0.29, 0.717) is 36.8 Å². The average Bonchev–Trinajstić information content (AvgIpc) is 3.72. The SMILES string of the molecule is CC(C)C(=O)N1CCC(c2cc(-c3ccc(C4CCn5c4c(C(N)=O)c(=O)n5-c4ccccc4)cc3)c3c(N)ncnn23)CC1. The fourth-order valence-electron chi connectivity index (χ4n) is 7.17. The van der Waals surface area contributed by atoms with Gasteiger partial charge in [-0.2, -0.15) is 5.10 Å². The van der Waals surface area contributed by atoms with Crippen molar-refractivity contribution in [1.82, 2.24) is 28.9 Å². The largest absolute Gasteiger partial charge is 0.382 e. The standard InChI is InChI=1S/C34H36N8O3/c1-20(2)33(44)39-15-12-23(13-16-39)27-18-26(30-31(35)37-19-38-41(27)30)22-10-8-21(9-11-22)25-14-17-40-29(25)28(32(36)43)34(45)42(40)24-6-4-3-5-7-24/h3-11,18-20,23,25H,12-17H2,1-2H3,(H2,36,43)(H2,35,37,38). The summed E-state index contributed by atoms with van der Waals surface area (Å²) in [5, 5.41) is 4.58. The van der Waals surface area contributed by atoms with Gasteiger partial charge < -0.3 is 16.4 Å². The third-order valence-electron chi connectivity index (χ3n) is 9.34. The van der Waals surface area contributed by atoms with Gasteiger partial charge in [0.2, 0.25) is 5.91 Å². The molecular formula is C34H36N8O3. The Morgan fingerprint density at radius 3 is 2.33 bits per heavy atom. The minimum absolute atomic E-state index is 0.0132. The van der Waals surface area contributed by atoms with Gasteiger partial charge in [-0.3, -0.25) is 19.1 Å². The zero-order valence-electron chi connectivity index (χ0n) is 25.4. The molecular weight excluding hydrogens is 568 g/mol. The molecule has 0 radical (unpaired) electrons. The number of anilines is 1. The van der Waals surface area contributed by atoms with Gasteiger partial charge in [0.15, 0.2) is 5.82 Å².